The van der Waals surface area contributed by atoms with E-state index in [1.807, 2.05) is 7.05 Å². The zero-order chi connectivity index (χ0) is 10.5. The zero-order valence-electron chi connectivity index (χ0n) is 10.0. The summed E-state index contributed by atoms with van der Waals surface area (Å²) in [7, 11) is 3.78. The smallest absolute Gasteiger partial charge is 0.0467 e. The van der Waals surface area contributed by atoms with Crippen molar-refractivity contribution in [1.82, 2.24) is 5.32 Å². The summed E-state index contributed by atoms with van der Waals surface area (Å²) >= 11 is 0. The highest BCUT2D eigenvalue weighted by molar-refractivity contribution is 4.83. The molecule has 0 heterocycles. The van der Waals surface area contributed by atoms with Crippen molar-refractivity contribution >= 4 is 0 Å². The van der Waals surface area contributed by atoms with Gasteiger partial charge in [-0.05, 0) is 39.2 Å². The Bertz CT molecular complexity index is 141. The number of rotatable bonds is 6. The molecule has 13 heavy (non-hydrogen) atoms. The summed E-state index contributed by atoms with van der Waals surface area (Å²) in [5.74, 6) is 0. The second-order valence-corrected chi connectivity index (χ2v) is 5.22. The second-order valence-electron chi connectivity index (χ2n) is 5.22. The first-order valence-corrected chi connectivity index (χ1v) is 5.01. The van der Waals surface area contributed by atoms with Crippen molar-refractivity contribution in [3.63, 3.8) is 0 Å². The first-order chi connectivity index (χ1) is 5.83. The minimum atomic E-state index is 0.219. The summed E-state index contributed by atoms with van der Waals surface area (Å²) < 4.78 is 5.11. The summed E-state index contributed by atoms with van der Waals surface area (Å²) in [5.41, 5.74) is 0.569. The van der Waals surface area contributed by atoms with Crippen molar-refractivity contribution in [3.8, 4) is 0 Å². The van der Waals surface area contributed by atoms with E-state index in [4.69, 9.17) is 4.74 Å². The van der Waals surface area contributed by atoms with Crippen LogP contribution in [0, 0.1) is 5.41 Å². The van der Waals surface area contributed by atoms with Crippen LogP contribution in [0.15, 0.2) is 0 Å². The third-order valence-electron chi connectivity index (χ3n) is 2.58. The van der Waals surface area contributed by atoms with Crippen LogP contribution < -0.4 is 5.32 Å². The van der Waals surface area contributed by atoms with Crippen LogP contribution in [0.5, 0.6) is 0 Å². The summed E-state index contributed by atoms with van der Waals surface area (Å²) in [6, 6.07) is 0. The second kappa shape index (κ2) is 4.97. The molecule has 0 aliphatic heterocycles. The highest BCUT2D eigenvalue weighted by Crippen LogP contribution is 2.30. The minimum Gasteiger partial charge on any atom is -0.385 e. The lowest BCUT2D eigenvalue weighted by Gasteiger charge is -2.34. The van der Waals surface area contributed by atoms with E-state index in [9.17, 15) is 0 Å². The molecule has 80 valence electrons. The molecule has 0 saturated carbocycles. The van der Waals surface area contributed by atoms with Crippen LogP contribution in [0.2, 0.25) is 0 Å². The first kappa shape index (κ1) is 12.9. The fourth-order valence-electron chi connectivity index (χ4n) is 1.75. The molecule has 0 aliphatic carbocycles. The van der Waals surface area contributed by atoms with Crippen LogP contribution in [-0.2, 0) is 4.74 Å². The normalized spacial score (nSPS) is 13.4. The molecule has 0 aromatic carbocycles. The maximum atomic E-state index is 5.11. The van der Waals surface area contributed by atoms with Crippen molar-refractivity contribution < 1.29 is 4.74 Å². The Morgan fingerprint density at radius 2 is 1.69 bits per heavy atom. The van der Waals surface area contributed by atoms with Crippen LogP contribution in [0.1, 0.15) is 40.5 Å². The summed E-state index contributed by atoms with van der Waals surface area (Å²) in [6.07, 6.45) is 2.29. The molecule has 0 unspecified atom stereocenters. The molecule has 0 saturated heterocycles. The minimum absolute atomic E-state index is 0.219. The van der Waals surface area contributed by atoms with Crippen molar-refractivity contribution in [3.05, 3.63) is 0 Å². The van der Waals surface area contributed by atoms with Crippen LogP contribution in [0.3, 0.4) is 0 Å². The number of hydrogen-bond acceptors (Lipinski definition) is 2. The topological polar surface area (TPSA) is 21.3 Å². The van der Waals surface area contributed by atoms with Crippen LogP contribution in [0.4, 0.5) is 0 Å². The van der Waals surface area contributed by atoms with E-state index in [1.54, 1.807) is 7.11 Å². The van der Waals surface area contributed by atoms with E-state index < -0.39 is 0 Å². The fourth-order valence-corrected chi connectivity index (χ4v) is 1.75. The quantitative estimate of drug-likeness (QED) is 0.689. The molecule has 2 heteroatoms. The lowest BCUT2D eigenvalue weighted by Crippen LogP contribution is -2.40. The van der Waals surface area contributed by atoms with Gasteiger partial charge in [0.2, 0.25) is 0 Å². The number of ether oxygens (including phenoxy) is 1. The van der Waals surface area contributed by atoms with Gasteiger partial charge < -0.3 is 10.1 Å². The van der Waals surface area contributed by atoms with E-state index in [-0.39, 0.29) is 5.54 Å². The fraction of sp³-hybridized carbons (Fsp3) is 1.00. The van der Waals surface area contributed by atoms with Gasteiger partial charge in [-0.3, -0.25) is 0 Å². The number of methoxy groups -OCH3 is 1. The predicted molar refractivity (Wildman–Crippen MR) is 58.0 cm³/mol. The van der Waals surface area contributed by atoms with Gasteiger partial charge in [0.15, 0.2) is 0 Å². The summed E-state index contributed by atoms with van der Waals surface area (Å²) in [5, 5.41) is 3.33. The number of hydrogen-bond donors (Lipinski definition) is 1. The van der Waals surface area contributed by atoms with Gasteiger partial charge in [0, 0.05) is 19.3 Å². The molecule has 2 nitrogen and oxygen atoms in total. The first-order valence-electron chi connectivity index (χ1n) is 5.01. The predicted octanol–water partition coefficient (Wildman–Crippen LogP) is 2.44. The van der Waals surface area contributed by atoms with Crippen LogP contribution >= 0.6 is 0 Å². The Morgan fingerprint density at radius 1 is 1.15 bits per heavy atom. The van der Waals surface area contributed by atoms with Crippen molar-refractivity contribution in [1.29, 1.82) is 0 Å². The lowest BCUT2D eigenvalue weighted by molar-refractivity contribution is 0.130. The third-order valence-corrected chi connectivity index (χ3v) is 2.58. The third kappa shape index (κ3) is 6.05. The molecule has 1 N–H and O–H groups in total. The van der Waals surface area contributed by atoms with Crippen LogP contribution in [0.25, 0.3) is 0 Å². The monoisotopic (exact) mass is 187 g/mol. The van der Waals surface area contributed by atoms with Crippen LogP contribution in [-0.4, -0.2) is 26.3 Å². The number of nitrogens with one attached hydrogen (secondary N) is 1. The van der Waals surface area contributed by atoms with Crippen molar-refractivity contribution in [2.45, 2.75) is 46.1 Å². The Morgan fingerprint density at radius 3 is 2.08 bits per heavy atom. The Balaban J connectivity index is 4.00. The highest BCUT2D eigenvalue weighted by atomic mass is 16.5. The average Bonchev–Trinajstić information content (AvgIpc) is 1.99. The molecular weight excluding hydrogens is 162 g/mol. The van der Waals surface area contributed by atoms with Gasteiger partial charge in [0.1, 0.15) is 0 Å². The molecule has 0 amide bonds. The Labute approximate surface area is 83.1 Å². The summed E-state index contributed by atoms with van der Waals surface area (Å²) in [4.78, 5) is 0. The van der Waals surface area contributed by atoms with Gasteiger partial charge in [-0.15, -0.1) is 0 Å². The maximum Gasteiger partial charge on any atom is 0.0467 e. The van der Waals surface area contributed by atoms with Gasteiger partial charge in [-0.2, -0.15) is 0 Å². The Kier molecular flexibility index (Phi) is 4.93. The van der Waals surface area contributed by atoms with E-state index in [1.165, 1.54) is 6.42 Å². The molecule has 0 fully saturated rings. The van der Waals surface area contributed by atoms with Gasteiger partial charge in [0.25, 0.3) is 0 Å². The van der Waals surface area contributed by atoms with E-state index in [0.29, 0.717) is 5.41 Å². The maximum absolute atomic E-state index is 5.11. The van der Waals surface area contributed by atoms with E-state index >= 15 is 0 Å². The van der Waals surface area contributed by atoms with E-state index in [2.05, 4.69) is 33.0 Å². The van der Waals surface area contributed by atoms with Gasteiger partial charge in [0.05, 0.1) is 0 Å². The van der Waals surface area contributed by atoms with Gasteiger partial charge >= 0.3 is 0 Å². The molecular formula is C11H25NO. The molecule has 0 bridgehead atoms. The Hall–Kier alpha value is -0.0800. The van der Waals surface area contributed by atoms with Crippen molar-refractivity contribution in [2.75, 3.05) is 20.8 Å². The average molecular weight is 187 g/mol. The molecule has 0 atom stereocenters. The molecule has 0 aromatic heterocycles. The molecule has 0 radical (unpaired) electrons. The van der Waals surface area contributed by atoms with E-state index in [0.717, 1.165) is 13.0 Å². The van der Waals surface area contributed by atoms with Crippen molar-refractivity contribution in [2.24, 2.45) is 5.41 Å². The lowest BCUT2D eigenvalue weighted by atomic mass is 9.78. The molecule has 0 spiro atoms. The summed E-state index contributed by atoms with van der Waals surface area (Å²) in [6.45, 7) is 9.92. The SMILES string of the molecule is CNC(C)(C)CC(C)(C)CCOC. The van der Waals surface area contributed by atoms with Gasteiger partial charge in [-0.1, -0.05) is 13.8 Å². The largest absolute Gasteiger partial charge is 0.385 e. The highest BCUT2D eigenvalue weighted by Gasteiger charge is 2.26. The molecule has 0 rings (SSSR count). The zero-order valence-corrected chi connectivity index (χ0v) is 10.0. The molecule has 0 aromatic rings. The molecule has 0 aliphatic rings. The van der Waals surface area contributed by atoms with Gasteiger partial charge in [-0.25, -0.2) is 0 Å². The standard InChI is InChI=1S/C11H25NO/c1-10(2,7-8-13-6)9-11(3,4)12-5/h12H,7-9H2,1-6H3.